The largest absolute Gasteiger partial charge is 0.322 e. The van der Waals surface area contributed by atoms with Gasteiger partial charge in [-0.25, -0.2) is 9.97 Å². The van der Waals surface area contributed by atoms with Gasteiger partial charge in [0.05, 0.1) is 6.04 Å². The van der Waals surface area contributed by atoms with Gasteiger partial charge in [-0.1, -0.05) is 12.1 Å². The molecule has 0 unspecified atom stereocenters. The first-order valence-electron chi connectivity index (χ1n) is 6.33. The molecule has 19 heavy (non-hydrogen) atoms. The number of aryl methyl sites for hydroxylation is 1. The molecule has 0 spiro atoms. The summed E-state index contributed by atoms with van der Waals surface area (Å²) in [5, 5.41) is 0. The van der Waals surface area contributed by atoms with E-state index in [9.17, 15) is 0 Å². The molecule has 0 saturated heterocycles. The van der Waals surface area contributed by atoms with Crippen LogP contribution >= 0.6 is 0 Å². The van der Waals surface area contributed by atoms with Crippen LogP contribution in [0.5, 0.6) is 0 Å². The molecule has 0 aliphatic carbocycles. The Hall–Kier alpha value is -2.20. The summed E-state index contributed by atoms with van der Waals surface area (Å²) in [5.74, 6) is 0.833. The first kappa shape index (κ1) is 11.9. The summed E-state index contributed by atoms with van der Waals surface area (Å²) in [6.07, 6.45) is 1.78. The molecule has 2 aromatic heterocycles. The van der Waals surface area contributed by atoms with Crippen LogP contribution in [0.3, 0.4) is 0 Å². The molecule has 0 aliphatic rings. The summed E-state index contributed by atoms with van der Waals surface area (Å²) >= 11 is 0. The molecule has 96 valence electrons. The van der Waals surface area contributed by atoms with E-state index in [2.05, 4.69) is 35.1 Å². The Bertz CT molecular complexity index is 728. The monoisotopic (exact) mass is 252 g/mol. The molecule has 2 N–H and O–H groups in total. The van der Waals surface area contributed by atoms with E-state index in [0.717, 1.165) is 22.7 Å². The Morgan fingerprint density at radius 1 is 1.21 bits per heavy atom. The minimum atomic E-state index is -0.144. The summed E-state index contributed by atoms with van der Waals surface area (Å²) in [6, 6.07) is 12.0. The van der Waals surface area contributed by atoms with Crippen LogP contribution in [0, 0.1) is 6.92 Å². The van der Waals surface area contributed by atoms with E-state index in [0.29, 0.717) is 0 Å². The molecule has 1 atom stereocenters. The summed E-state index contributed by atoms with van der Waals surface area (Å²) < 4.78 is 2.03. The maximum Gasteiger partial charge on any atom is 0.164 e. The summed E-state index contributed by atoms with van der Waals surface area (Å²) in [4.78, 5) is 9.03. The maximum absolute atomic E-state index is 6.04. The zero-order chi connectivity index (χ0) is 13.4. The Balaban J connectivity index is 2.34. The molecule has 0 bridgehead atoms. The van der Waals surface area contributed by atoms with Gasteiger partial charge < -0.3 is 5.73 Å². The molecule has 0 fully saturated rings. The minimum absolute atomic E-state index is 0.144. The first-order chi connectivity index (χ1) is 9.16. The average Bonchev–Trinajstić information content (AvgIpc) is 2.78. The molecule has 0 radical (unpaired) electrons. The number of benzene rings is 1. The van der Waals surface area contributed by atoms with Gasteiger partial charge in [0, 0.05) is 11.9 Å². The number of rotatable bonds is 2. The second-order valence-corrected chi connectivity index (χ2v) is 4.78. The van der Waals surface area contributed by atoms with Gasteiger partial charge in [-0.3, -0.25) is 4.57 Å². The van der Waals surface area contributed by atoms with Crippen LogP contribution in [-0.2, 0) is 0 Å². The van der Waals surface area contributed by atoms with Crippen molar-refractivity contribution in [2.24, 2.45) is 5.73 Å². The van der Waals surface area contributed by atoms with E-state index in [1.54, 1.807) is 6.20 Å². The number of fused-ring (bicyclic) bond motifs is 1. The van der Waals surface area contributed by atoms with Crippen LogP contribution in [-0.4, -0.2) is 14.5 Å². The highest BCUT2D eigenvalue weighted by Gasteiger charge is 2.15. The van der Waals surface area contributed by atoms with Crippen molar-refractivity contribution in [1.29, 1.82) is 0 Å². The molecule has 1 aromatic carbocycles. The van der Waals surface area contributed by atoms with Gasteiger partial charge in [-0.15, -0.1) is 0 Å². The number of hydrogen-bond donors (Lipinski definition) is 1. The average molecular weight is 252 g/mol. The van der Waals surface area contributed by atoms with Crippen molar-refractivity contribution in [2.45, 2.75) is 19.9 Å². The SMILES string of the molecule is Cc1cccc(-n2c([C@H](C)N)nc3cccnc32)c1. The van der Waals surface area contributed by atoms with Crippen molar-refractivity contribution >= 4 is 11.2 Å². The predicted molar refractivity (Wildman–Crippen MR) is 76.2 cm³/mol. The molecule has 0 amide bonds. The Morgan fingerprint density at radius 2 is 2.05 bits per heavy atom. The lowest BCUT2D eigenvalue weighted by molar-refractivity contribution is 0.725. The van der Waals surface area contributed by atoms with Gasteiger partial charge in [-0.05, 0) is 43.7 Å². The lowest BCUT2D eigenvalue weighted by Crippen LogP contribution is -2.12. The highest BCUT2D eigenvalue weighted by atomic mass is 15.1. The topological polar surface area (TPSA) is 56.7 Å². The highest BCUT2D eigenvalue weighted by molar-refractivity contribution is 5.74. The fraction of sp³-hybridized carbons (Fsp3) is 0.200. The minimum Gasteiger partial charge on any atom is -0.322 e. The molecule has 4 heteroatoms. The standard InChI is InChI=1S/C15H16N4/c1-10-5-3-6-12(9-10)19-14(11(2)16)18-13-7-4-8-17-15(13)19/h3-9,11H,16H2,1-2H3/t11-/m0/s1. The summed E-state index contributed by atoms with van der Waals surface area (Å²) in [6.45, 7) is 4.01. The Kier molecular flexibility index (Phi) is 2.80. The fourth-order valence-corrected chi connectivity index (χ4v) is 2.26. The Labute approximate surface area is 111 Å². The van der Waals surface area contributed by atoms with Gasteiger partial charge in [0.15, 0.2) is 5.65 Å². The van der Waals surface area contributed by atoms with Crippen LogP contribution in [0.25, 0.3) is 16.9 Å². The molecule has 2 heterocycles. The van der Waals surface area contributed by atoms with Crippen LogP contribution in [0.2, 0.25) is 0 Å². The van der Waals surface area contributed by atoms with E-state index in [1.165, 1.54) is 5.56 Å². The molecular weight excluding hydrogens is 236 g/mol. The molecule has 3 aromatic rings. The lowest BCUT2D eigenvalue weighted by atomic mass is 10.2. The van der Waals surface area contributed by atoms with Crippen molar-refractivity contribution in [1.82, 2.24) is 14.5 Å². The van der Waals surface area contributed by atoms with Crippen LogP contribution < -0.4 is 5.73 Å². The molecular formula is C15H16N4. The van der Waals surface area contributed by atoms with Crippen molar-refractivity contribution < 1.29 is 0 Å². The van der Waals surface area contributed by atoms with Crippen LogP contribution in [0.1, 0.15) is 24.4 Å². The first-order valence-corrected chi connectivity index (χ1v) is 6.33. The summed E-state index contributed by atoms with van der Waals surface area (Å²) in [5.41, 5.74) is 10.0. The zero-order valence-electron chi connectivity index (χ0n) is 11.0. The zero-order valence-corrected chi connectivity index (χ0v) is 11.0. The smallest absolute Gasteiger partial charge is 0.164 e. The third-order valence-corrected chi connectivity index (χ3v) is 3.11. The van der Waals surface area contributed by atoms with E-state index < -0.39 is 0 Å². The van der Waals surface area contributed by atoms with Gasteiger partial charge in [0.2, 0.25) is 0 Å². The second kappa shape index (κ2) is 4.48. The van der Waals surface area contributed by atoms with Crippen molar-refractivity contribution in [3.63, 3.8) is 0 Å². The molecule has 3 rings (SSSR count). The Morgan fingerprint density at radius 3 is 2.79 bits per heavy atom. The van der Waals surface area contributed by atoms with E-state index in [4.69, 9.17) is 5.73 Å². The third kappa shape index (κ3) is 2.00. The van der Waals surface area contributed by atoms with E-state index >= 15 is 0 Å². The second-order valence-electron chi connectivity index (χ2n) is 4.78. The number of nitrogens with two attached hydrogens (primary N) is 1. The van der Waals surface area contributed by atoms with Gasteiger partial charge in [-0.2, -0.15) is 0 Å². The molecule has 0 aliphatic heterocycles. The van der Waals surface area contributed by atoms with Gasteiger partial charge in [0.25, 0.3) is 0 Å². The molecule has 4 nitrogen and oxygen atoms in total. The third-order valence-electron chi connectivity index (χ3n) is 3.11. The predicted octanol–water partition coefficient (Wildman–Crippen LogP) is 2.75. The highest BCUT2D eigenvalue weighted by Crippen LogP contribution is 2.23. The normalized spacial score (nSPS) is 12.8. The van der Waals surface area contributed by atoms with Crippen LogP contribution in [0.15, 0.2) is 42.6 Å². The number of aromatic nitrogens is 3. The number of nitrogens with zero attached hydrogens (tertiary/aromatic N) is 3. The lowest BCUT2D eigenvalue weighted by Gasteiger charge is -2.11. The quantitative estimate of drug-likeness (QED) is 0.763. The van der Waals surface area contributed by atoms with Crippen molar-refractivity contribution in [2.75, 3.05) is 0 Å². The number of hydrogen-bond acceptors (Lipinski definition) is 3. The summed E-state index contributed by atoms with van der Waals surface area (Å²) in [7, 11) is 0. The fourth-order valence-electron chi connectivity index (χ4n) is 2.26. The van der Waals surface area contributed by atoms with E-state index in [1.807, 2.05) is 29.7 Å². The molecule has 0 saturated carbocycles. The van der Waals surface area contributed by atoms with Crippen molar-refractivity contribution in [3.05, 3.63) is 54.0 Å². The van der Waals surface area contributed by atoms with Gasteiger partial charge in [0.1, 0.15) is 11.3 Å². The van der Waals surface area contributed by atoms with Crippen LogP contribution in [0.4, 0.5) is 0 Å². The van der Waals surface area contributed by atoms with E-state index in [-0.39, 0.29) is 6.04 Å². The van der Waals surface area contributed by atoms with Gasteiger partial charge >= 0.3 is 0 Å². The van der Waals surface area contributed by atoms with Crippen molar-refractivity contribution in [3.8, 4) is 5.69 Å². The number of pyridine rings is 1. The maximum atomic E-state index is 6.04. The number of imidazole rings is 1.